The second kappa shape index (κ2) is 11.0. The van der Waals surface area contributed by atoms with Gasteiger partial charge in [0.1, 0.15) is 0 Å². The van der Waals surface area contributed by atoms with Crippen LogP contribution in [0.2, 0.25) is 5.02 Å². The van der Waals surface area contributed by atoms with E-state index in [1.165, 1.54) is 0 Å². The highest BCUT2D eigenvalue weighted by Gasteiger charge is 2.11. The Kier molecular flexibility index (Phi) is 8.15. The Balaban J connectivity index is 1.99. The number of nitrogens with zero attached hydrogens (tertiary/aromatic N) is 1. The number of hydrogen-bond acceptors (Lipinski definition) is 3. The van der Waals surface area contributed by atoms with Gasteiger partial charge in [-0.05, 0) is 67.1 Å². The van der Waals surface area contributed by atoms with Gasteiger partial charge in [0.25, 0.3) is 0 Å². The van der Waals surface area contributed by atoms with Gasteiger partial charge in [0.2, 0.25) is 0 Å². The Morgan fingerprint density at radius 3 is 2.13 bits per heavy atom. The largest absolute Gasteiger partial charge is 0.490 e. The predicted octanol–water partition coefficient (Wildman–Crippen LogP) is 7.72. The number of aryl methyl sites for hydroxylation is 1. The Labute approximate surface area is 184 Å². The summed E-state index contributed by atoms with van der Waals surface area (Å²) in [7, 11) is 0. The highest BCUT2D eigenvalue weighted by molar-refractivity contribution is 6.30. The molecule has 0 unspecified atom stereocenters. The van der Waals surface area contributed by atoms with Crippen molar-refractivity contribution in [3.8, 4) is 11.5 Å². The van der Waals surface area contributed by atoms with Crippen molar-refractivity contribution in [1.82, 2.24) is 4.98 Å². The lowest BCUT2D eigenvalue weighted by molar-refractivity contribution is 0.262. The molecule has 0 N–H and O–H groups in total. The molecule has 0 aliphatic rings. The third-order valence-electron chi connectivity index (χ3n) is 4.87. The number of ether oxygens (including phenoxy) is 2. The lowest BCUT2D eigenvalue weighted by Gasteiger charge is -2.15. The molecule has 4 heteroatoms. The zero-order valence-electron chi connectivity index (χ0n) is 18.1. The van der Waals surface area contributed by atoms with E-state index < -0.39 is 0 Å². The molecule has 158 valence electrons. The molecular weight excluding hydrogens is 394 g/mol. The molecule has 1 heterocycles. The van der Waals surface area contributed by atoms with Crippen molar-refractivity contribution in [3.63, 3.8) is 0 Å². The molecule has 2 aromatic carbocycles. The first-order chi connectivity index (χ1) is 14.6. The molecule has 30 heavy (non-hydrogen) atoms. The summed E-state index contributed by atoms with van der Waals surface area (Å²) in [5, 5.41) is 2.89. The van der Waals surface area contributed by atoms with Crippen LogP contribution in [-0.2, 0) is 0 Å². The number of unbranched alkanes of at least 4 members (excludes halogenated alkanes) is 2. The molecular formula is C26H30ClNO2. The number of rotatable bonds is 10. The van der Waals surface area contributed by atoms with Gasteiger partial charge in [0.15, 0.2) is 11.5 Å². The lowest BCUT2D eigenvalue weighted by atomic mass is 10.1. The number of hydrogen-bond donors (Lipinski definition) is 0. The van der Waals surface area contributed by atoms with Gasteiger partial charge < -0.3 is 9.47 Å². The molecule has 0 aliphatic carbocycles. The average molecular weight is 424 g/mol. The SMILES string of the molecule is CCCCOc1cc2cc(C)nc(C=Cc3ccc(Cl)cc3)c2cc1OCCCC. The highest BCUT2D eigenvalue weighted by Crippen LogP contribution is 2.35. The molecule has 1 aromatic heterocycles. The molecule has 0 radical (unpaired) electrons. The molecule has 0 aliphatic heterocycles. The number of aromatic nitrogens is 1. The van der Waals surface area contributed by atoms with Gasteiger partial charge >= 0.3 is 0 Å². The van der Waals surface area contributed by atoms with Crippen LogP contribution >= 0.6 is 11.6 Å². The van der Waals surface area contributed by atoms with E-state index >= 15 is 0 Å². The second-order valence-electron chi connectivity index (χ2n) is 7.46. The van der Waals surface area contributed by atoms with Crippen molar-refractivity contribution >= 4 is 34.5 Å². The molecule has 0 amide bonds. The number of benzene rings is 2. The summed E-state index contributed by atoms with van der Waals surface area (Å²) >= 11 is 6.00. The molecule has 0 spiro atoms. The predicted molar refractivity (Wildman–Crippen MR) is 128 cm³/mol. The molecule has 0 bridgehead atoms. The fourth-order valence-corrected chi connectivity index (χ4v) is 3.31. The van der Waals surface area contributed by atoms with Gasteiger partial charge in [-0.15, -0.1) is 0 Å². The van der Waals surface area contributed by atoms with Crippen molar-refractivity contribution in [2.45, 2.75) is 46.5 Å². The Morgan fingerprint density at radius 1 is 0.867 bits per heavy atom. The third-order valence-corrected chi connectivity index (χ3v) is 5.12. The fourth-order valence-electron chi connectivity index (χ4n) is 3.18. The minimum Gasteiger partial charge on any atom is -0.490 e. The Morgan fingerprint density at radius 2 is 1.50 bits per heavy atom. The number of halogens is 1. The van der Waals surface area contributed by atoms with Crippen molar-refractivity contribution in [1.29, 1.82) is 0 Å². The van der Waals surface area contributed by atoms with Crippen molar-refractivity contribution in [3.05, 3.63) is 64.4 Å². The lowest BCUT2D eigenvalue weighted by Crippen LogP contribution is -2.03. The second-order valence-corrected chi connectivity index (χ2v) is 7.89. The summed E-state index contributed by atoms with van der Waals surface area (Å²) in [6.07, 6.45) is 8.34. The van der Waals surface area contributed by atoms with E-state index in [0.717, 1.165) is 69.9 Å². The van der Waals surface area contributed by atoms with E-state index in [-0.39, 0.29) is 0 Å². The first-order valence-corrected chi connectivity index (χ1v) is 11.1. The molecule has 3 aromatic rings. The first-order valence-electron chi connectivity index (χ1n) is 10.8. The molecule has 3 rings (SSSR count). The van der Waals surface area contributed by atoms with Crippen LogP contribution in [0.3, 0.4) is 0 Å². The van der Waals surface area contributed by atoms with Crippen molar-refractivity contribution < 1.29 is 9.47 Å². The fraction of sp³-hybridized carbons (Fsp3) is 0.346. The Bertz CT molecular complexity index is 996. The number of pyridine rings is 1. The molecule has 0 fully saturated rings. The summed E-state index contributed by atoms with van der Waals surface area (Å²) in [5.41, 5.74) is 2.97. The molecule has 0 atom stereocenters. The van der Waals surface area contributed by atoms with Crippen molar-refractivity contribution in [2.75, 3.05) is 13.2 Å². The van der Waals surface area contributed by atoms with Crippen LogP contribution in [0.15, 0.2) is 42.5 Å². The van der Waals surface area contributed by atoms with Crippen molar-refractivity contribution in [2.24, 2.45) is 0 Å². The van der Waals surface area contributed by atoms with Crippen LogP contribution < -0.4 is 9.47 Å². The molecule has 0 saturated carbocycles. The summed E-state index contributed by atoms with van der Waals surface area (Å²) in [6.45, 7) is 7.72. The van der Waals surface area contributed by atoms with Crippen LogP contribution in [0.4, 0.5) is 0 Å². The zero-order chi connectivity index (χ0) is 21.3. The van der Waals surface area contributed by atoms with E-state index in [0.29, 0.717) is 13.2 Å². The molecule has 3 nitrogen and oxygen atoms in total. The van der Waals surface area contributed by atoms with Gasteiger partial charge in [-0.25, -0.2) is 0 Å². The highest BCUT2D eigenvalue weighted by atomic mass is 35.5. The first kappa shape index (κ1) is 22.2. The summed E-state index contributed by atoms with van der Waals surface area (Å²) < 4.78 is 12.1. The standard InChI is InChI=1S/C26H30ClNO2/c1-4-6-14-29-25-17-21-16-19(3)28-24(13-10-20-8-11-22(27)12-9-20)23(21)18-26(25)30-15-7-5-2/h8-13,16-18H,4-7,14-15H2,1-3H3. The van der Waals surface area contributed by atoms with Gasteiger partial charge in [-0.3, -0.25) is 4.98 Å². The van der Waals surface area contributed by atoms with Crippen LogP contribution in [0.25, 0.3) is 22.9 Å². The van der Waals surface area contributed by atoms with Crippen LogP contribution in [0.1, 0.15) is 56.5 Å². The van der Waals surface area contributed by atoms with E-state index in [4.69, 9.17) is 26.1 Å². The van der Waals surface area contributed by atoms with Gasteiger partial charge in [0, 0.05) is 16.1 Å². The van der Waals surface area contributed by atoms with E-state index in [9.17, 15) is 0 Å². The summed E-state index contributed by atoms with van der Waals surface area (Å²) in [6, 6.07) is 14.0. The summed E-state index contributed by atoms with van der Waals surface area (Å²) in [4.78, 5) is 4.77. The maximum absolute atomic E-state index is 6.09. The Hall–Kier alpha value is -2.52. The van der Waals surface area contributed by atoms with Gasteiger partial charge in [0.05, 0.1) is 18.9 Å². The maximum atomic E-state index is 6.09. The van der Waals surface area contributed by atoms with Crippen LogP contribution in [-0.4, -0.2) is 18.2 Å². The minimum atomic E-state index is 0.682. The van der Waals surface area contributed by atoms with E-state index in [2.05, 4.69) is 38.1 Å². The van der Waals surface area contributed by atoms with Gasteiger partial charge in [-0.2, -0.15) is 0 Å². The van der Waals surface area contributed by atoms with E-state index in [1.807, 2.05) is 37.3 Å². The minimum absolute atomic E-state index is 0.682. The average Bonchev–Trinajstić information content (AvgIpc) is 2.74. The topological polar surface area (TPSA) is 31.4 Å². The molecule has 0 saturated heterocycles. The summed E-state index contributed by atoms with van der Waals surface area (Å²) in [5.74, 6) is 1.60. The maximum Gasteiger partial charge on any atom is 0.161 e. The quantitative estimate of drug-likeness (QED) is 0.312. The van der Waals surface area contributed by atoms with E-state index in [1.54, 1.807) is 0 Å². The van der Waals surface area contributed by atoms with Gasteiger partial charge in [-0.1, -0.05) is 56.5 Å². The normalized spacial score (nSPS) is 11.3. The third kappa shape index (κ3) is 5.99. The smallest absolute Gasteiger partial charge is 0.161 e. The monoisotopic (exact) mass is 423 g/mol. The zero-order valence-corrected chi connectivity index (χ0v) is 18.8. The number of fused-ring (bicyclic) bond motifs is 1. The van der Waals surface area contributed by atoms with Crippen LogP contribution in [0.5, 0.6) is 11.5 Å². The van der Waals surface area contributed by atoms with Crippen LogP contribution in [0, 0.1) is 6.92 Å².